The van der Waals surface area contributed by atoms with E-state index in [0.717, 1.165) is 30.6 Å². The van der Waals surface area contributed by atoms with Gasteiger partial charge in [0.15, 0.2) is 0 Å². The van der Waals surface area contributed by atoms with Crippen molar-refractivity contribution >= 4 is 0 Å². The van der Waals surface area contributed by atoms with Crippen molar-refractivity contribution in [2.24, 2.45) is 11.8 Å². The van der Waals surface area contributed by atoms with Crippen LogP contribution in [-0.2, 0) is 0 Å². The topological polar surface area (TPSA) is 34.2 Å². The van der Waals surface area contributed by atoms with Gasteiger partial charge in [-0.2, -0.15) is 0 Å². The molecule has 0 aliphatic heterocycles. The second-order valence-electron chi connectivity index (χ2n) is 6.10. The van der Waals surface area contributed by atoms with Gasteiger partial charge in [-0.1, -0.05) is 13.8 Å². The Balaban J connectivity index is 2.02. The zero-order chi connectivity index (χ0) is 13.8. The molecule has 0 amide bonds. The molecule has 3 atom stereocenters. The smallest absolute Gasteiger partial charge is 0.213 e. The van der Waals surface area contributed by atoms with Crippen molar-refractivity contribution in [1.82, 2.24) is 10.3 Å². The molecule has 1 heterocycles. The van der Waals surface area contributed by atoms with Crippen molar-refractivity contribution in [2.45, 2.75) is 52.2 Å². The fraction of sp³-hybridized carbons (Fsp3) is 0.688. The van der Waals surface area contributed by atoms with Crippen molar-refractivity contribution in [1.29, 1.82) is 0 Å². The van der Waals surface area contributed by atoms with Gasteiger partial charge in [0.25, 0.3) is 0 Å². The first kappa shape index (κ1) is 14.3. The first-order valence-corrected chi connectivity index (χ1v) is 7.38. The molecule has 19 heavy (non-hydrogen) atoms. The lowest BCUT2D eigenvalue weighted by Gasteiger charge is -2.31. The zero-order valence-corrected chi connectivity index (χ0v) is 12.5. The first-order chi connectivity index (χ1) is 9.08. The Morgan fingerprint density at radius 3 is 2.58 bits per heavy atom. The zero-order valence-electron chi connectivity index (χ0n) is 12.5. The minimum Gasteiger partial charge on any atom is -0.474 e. The molecule has 2 rings (SSSR count). The van der Waals surface area contributed by atoms with Crippen molar-refractivity contribution in [3.63, 3.8) is 0 Å². The van der Waals surface area contributed by atoms with Crippen molar-refractivity contribution < 1.29 is 4.74 Å². The lowest BCUT2D eigenvalue weighted by Crippen LogP contribution is -2.28. The molecule has 1 fully saturated rings. The summed E-state index contributed by atoms with van der Waals surface area (Å²) in [6, 6.07) is 4.43. The number of ether oxygens (including phenoxy) is 1. The quantitative estimate of drug-likeness (QED) is 0.900. The summed E-state index contributed by atoms with van der Waals surface area (Å²) in [6.07, 6.45) is 5.79. The molecule has 1 aliphatic rings. The molecule has 1 N–H and O–H groups in total. The van der Waals surface area contributed by atoms with Crippen molar-refractivity contribution in [3.8, 4) is 5.88 Å². The van der Waals surface area contributed by atoms with Crippen LogP contribution in [-0.4, -0.2) is 18.1 Å². The normalized spacial score (nSPS) is 28.9. The standard InChI is InChI=1S/C16H26N2O/c1-11-7-12(2)9-15(8-11)19-16-10-14(5-6-18-16)13(3)17-4/h5-6,10-13,15,17H,7-9H2,1-4H3. The molecule has 0 saturated heterocycles. The number of pyridine rings is 1. The van der Waals surface area contributed by atoms with E-state index >= 15 is 0 Å². The highest BCUT2D eigenvalue weighted by Gasteiger charge is 2.25. The maximum atomic E-state index is 6.09. The summed E-state index contributed by atoms with van der Waals surface area (Å²) in [5.74, 6) is 2.28. The summed E-state index contributed by atoms with van der Waals surface area (Å²) >= 11 is 0. The van der Waals surface area contributed by atoms with Gasteiger partial charge in [0.1, 0.15) is 6.10 Å². The van der Waals surface area contributed by atoms with Crippen LogP contribution >= 0.6 is 0 Å². The van der Waals surface area contributed by atoms with E-state index in [4.69, 9.17) is 4.74 Å². The Kier molecular flexibility index (Phi) is 4.81. The van der Waals surface area contributed by atoms with E-state index in [-0.39, 0.29) is 0 Å². The van der Waals surface area contributed by atoms with Gasteiger partial charge in [0.2, 0.25) is 5.88 Å². The molecule has 106 valence electrons. The summed E-state index contributed by atoms with van der Waals surface area (Å²) in [5.41, 5.74) is 1.23. The van der Waals surface area contributed by atoms with E-state index in [1.165, 1.54) is 12.0 Å². The Morgan fingerprint density at radius 2 is 1.95 bits per heavy atom. The van der Waals surface area contributed by atoms with Crippen LogP contribution in [0, 0.1) is 11.8 Å². The van der Waals surface area contributed by atoms with Crippen LogP contribution in [0.15, 0.2) is 18.3 Å². The van der Waals surface area contributed by atoms with Gasteiger partial charge in [0.05, 0.1) is 0 Å². The summed E-state index contributed by atoms with van der Waals surface area (Å²) < 4.78 is 6.09. The van der Waals surface area contributed by atoms with E-state index < -0.39 is 0 Å². The highest BCUT2D eigenvalue weighted by atomic mass is 16.5. The van der Waals surface area contributed by atoms with Gasteiger partial charge in [-0.3, -0.25) is 0 Å². The van der Waals surface area contributed by atoms with Gasteiger partial charge >= 0.3 is 0 Å². The Hall–Kier alpha value is -1.09. The molecule has 0 radical (unpaired) electrons. The minimum atomic E-state index is 0.325. The van der Waals surface area contributed by atoms with Crippen LogP contribution in [0.5, 0.6) is 5.88 Å². The Morgan fingerprint density at radius 1 is 1.26 bits per heavy atom. The number of nitrogens with one attached hydrogen (secondary N) is 1. The molecule has 1 saturated carbocycles. The summed E-state index contributed by atoms with van der Waals surface area (Å²) in [5, 5.41) is 3.24. The van der Waals surface area contributed by atoms with E-state index in [0.29, 0.717) is 12.1 Å². The van der Waals surface area contributed by atoms with Crippen LogP contribution in [0.3, 0.4) is 0 Å². The van der Waals surface area contributed by atoms with Crippen LogP contribution in [0.4, 0.5) is 0 Å². The third-order valence-corrected chi connectivity index (χ3v) is 4.11. The van der Waals surface area contributed by atoms with Gasteiger partial charge in [0, 0.05) is 18.3 Å². The van der Waals surface area contributed by atoms with Gasteiger partial charge in [-0.15, -0.1) is 0 Å². The average molecular weight is 262 g/mol. The van der Waals surface area contributed by atoms with Crippen molar-refractivity contribution in [3.05, 3.63) is 23.9 Å². The second-order valence-corrected chi connectivity index (χ2v) is 6.10. The van der Waals surface area contributed by atoms with Crippen LogP contribution < -0.4 is 10.1 Å². The number of hydrogen-bond donors (Lipinski definition) is 1. The largest absolute Gasteiger partial charge is 0.474 e. The van der Waals surface area contributed by atoms with Gasteiger partial charge in [-0.05, 0) is 56.7 Å². The first-order valence-electron chi connectivity index (χ1n) is 7.38. The third-order valence-electron chi connectivity index (χ3n) is 4.11. The molecule has 3 nitrogen and oxygen atoms in total. The number of hydrogen-bond acceptors (Lipinski definition) is 3. The molecule has 0 bridgehead atoms. The maximum Gasteiger partial charge on any atom is 0.213 e. The predicted molar refractivity (Wildman–Crippen MR) is 78.3 cm³/mol. The molecule has 0 aromatic carbocycles. The summed E-state index contributed by atoms with van der Waals surface area (Å²) in [4.78, 5) is 4.35. The number of nitrogens with zero attached hydrogens (tertiary/aromatic N) is 1. The molecule has 3 heteroatoms. The Bertz CT molecular complexity index is 397. The molecule has 1 aromatic heterocycles. The van der Waals surface area contributed by atoms with E-state index in [1.807, 2.05) is 19.3 Å². The van der Waals surface area contributed by atoms with Crippen molar-refractivity contribution in [2.75, 3.05) is 7.05 Å². The number of aromatic nitrogens is 1. The molecule has 3 unspecified atom stereocenters. The lowest BCUT2D eigenvalue weighted by molar-refractivity contribution is 0.0966. The fourth-order valence-electron chi connectivity index (χ4n) is 3.07. The predicted octanol–water partition coefficient (Wildman–Crippen LogP) is 3.57. The van der Waals surface area contributed by atoms with E-state index in [1.54, 1.807) is 0 Å². The van der Waals surface area contributed by atoms with E-state index in [2.05, 4.69) is 37.1 Å². The second kappa shape index (κ2) is 6.38. The monoisotopic (exact) mass is 262 g/mol. The summed E-state index contributed by atoms with van der Waals surface area (Å²) in [7, 11) is 1.97. The lowest BCUT2D eigenvalue weighted by atomic mass is 9.82. The van der Waals surface area contributed by atoms with Crippen LogP contribution in [0.1, 0.15) is 51.6 Å². The highest BCUT2D eigenvalue weighted by Crippen LogP contribution is 2.31. The highest BCUT2D eigenvalue weighted by molar-refractivity contribution is 5.23. The maximum absolute atomic E-state index is 6.09. The Labute approximate surface area is 116 Å². The molecular weight excluding hydrogens is 236 g/mol. The number of rotatable bonds is 4. The molecule has 1 aliphatic carbocycles. The van der Waals surface area contributed by atoms with Crippen LogP contribution in [0.25, 0.3) is 0 Å². The average Bonchev–Trinajstić information content (AvgIpc) is 2.37. The summed E-state index contributed by atoms with van der Waals surface area (Å²) in [6.45, 7) is 6.78. The van der Waals surface area contributed by atoms with Gasteiger partial charge < -0.3 is 10.1 Å². The fourth-order valence-corrected chi connectivity index (χ4v) is 3.07. The minimum absolute atomic E-state index is 0.325. The third kappa shape index (κ3) is 3.93. The van der Waals surface area contributed by atoms with E-state index in [9.17, 15) is 0 Å². The molecular formula is C16H26N2O. The molecule has 1 aromatic rings. The SMILES string of the molecule is CNC(C)c1ccnc(OC2CC(C)CC(C)C2)c1. The molecule has 0 spiro atoms. The van der Waals surface area contributed by atoms with Crippen LogP contribution in [0.2, 0.25) is 0 Å². The van der Waals surface area contributed by atoms with Gasteiger partial charge in [-0.25, -0.2) is 4.98 Å².